The second-order valence-corrected chi connectivity index (χ2v) is 5.55. The van der Waals surface area contributed by atoms with Crippen LogP contribution in [0.2, 0.25) is 5.02 Å². The topological polar surface area (TPSA) is 73.2 Å². The Hall–Kier alpha value is -3.12. The molecule has 2 aromatic carbocycles. The first kappa shape index (κ1) is 16.7. The van der Waals surface area contributed by atoms with Crippen molar-refractivity contribution in [3.63, 3.8) is 0 Å². The molecule has 126 valence electrons. The Morgan fingerprint density at radius 2 is 1.80 bits per heavy atom. The van der Waals surface area contributed by atoms with E-state index < -0.39 is 11.5 Å². The molecule has 0 unspecified atom stereocenters. The lowest BCUT2D eigenvalue weighted by molar-refractivity contribution is 0.102. The number of rotatable bonds is 4. The van der Waals surface area contributed by atoms with Gasteiger partial charge in [-0.15, -0.1) is 0 Å². The summed E-state index contributed by atoms with van der Waals surface area (Å²) in [5.41, 5.74) is 0.579. The van der Waals surface area contributed by atoms with Crippen LogP contribution < -0.4 is 15.6 Å². The highest BCUT2D eigenvalue weighted by molar-refractivity contribution is 6.30. The van der Waals surface area contributed by atoms with Gasteiger partial charge in [-0.1, -0.05) is 11.6 Å². The number of carbonyl (C=O) groups excluding carboxylic acids is 1. The summed E-state index contributed by atoms with van der Waals surface area (Å²) in [4.78, 5) is 28.8. The molecular formula is C18H14ClN3O3. The molecule has 1 N–H and O–H groups in total. The van der Waals surface area contributed by atoms with Crippen LogP contribution in [0.3, 0.4) is 0 Å². The van der Waals surface area contributed by atoms with Crippen molar-refractivity contribution in [3.8, 4) is 11.4 Å². The molecule has 0 spiro atoms. The lowest BCUT2D eigenvalue weighted by Crippen LogP contribution is -2.26. The lowest BCUT2D eigenvalue weighted by atomic mass is 10.2. The summed E-state index contributed by atoms with van der Waals surface area (Å²) in [6, 6.07) is 13.3. The SMILES string of the molecule is COc1ccc(-n2ccnc(NC(=O)c3ccc(Cl)cc3)c2=O)cc1. The fourth-order valence-corrected chi connectivity index (χ4v) is 2.35. The van der Waals surface area contributed by atoms with Gasteiger partial charge >= 0.3 is 0 Å². The molecular weight excluding hydrogens is 342 g/mol. The molecule has 0 fully saturated rings. The van der Waals surface area contributed by atoms with Crippen molar-refractivity contribution >= 4 is 23.3 Å². The van der Waals surface area contributed by atoms with Gasteiger partial charge in [-0.25, -0.2) is 4.98 Å². The van der Waals surface area contributed by atoms with E-state index in [4.69, 9.17) is 16.3 Å². The zero-order valence-corrected chi connectivity index (χ0v) is 14.0. The Kier molecular flexibility index (Phi) is 4.81. The summed E-state index contributed by atoms with van der Waals surface area (Å²) in [7, 11) is 1.57. The van der Waals surface area contributed by atoms with Crippen LogP contribution in [0, 0.1) is 0 Å². The Balaban J connectivity index is 1.89. The first-order valence-electron chi connectivity index (χ1n) is 7.37. The third-order valence-electron chi connectivity index (χ3n) is 3.53. The summed E-state index contributed by atoms with van der Waals surface area (Å²) < 4.78 is 6.50. The van der Waals surface area contributed by atoms with Crippen LogP contribution in [0.1, 0.15) is 10.4 Å². The normalized spacial score (nSPS) is 10.3. The fraction of sp³-hybridized carbons (Fsp3) is 0.0556. The largest absolute Gasteiger partial charge is 0.497 e. The first-order valence-corrected chi connectivity index (χ1v) is 7.75. The Bertz CT molecular complexity index is 951. The molecule has 1 amide bonds. The number of methoxy groups -OCH3 is 1. The van der Waals surface area contributed by atoms with E-state index in [2.05, 4.69) is 10.3 Å². The number of hydrogen-bond acceptors (Lipinski definition) is 4. The average molecular weight is 356 g/mol. The number of hydrogen-bond donors (Lipinski definition) is 1. The van der Waals surface area contributed by atoms with E-state index in [1.807, 2.05) is 0 Å². The van der Waals surface area contributed by atoms with Crippen LogP contribution in [0.15, 0.2) is 65.7 Å². The summed E-state index contributed by atoms with van der Waals surface area (Å²) >= 11 is 5.81. The van der Waals surface area contributed by atoms with Crippen LogP contribution in [0.25, 0.3) is 5.69 Å². The summed E-state index contributed by atoms with van der Waals surface area (Å²) in [5, 5.41) is 3.05. The van der Waals surface area contributed by atoms with E-state index in [0.29, 0.717) is 22.0 Å². The number of halogens is 1. The standard InChI is InChI=1S/C18H14ClN3O3/c1-25-15-8-6-14(7-9-15)22-11-10-20-16(18(22)24)21-17(23)12-2-4-13(19)5-3-12/h2-11H,1H3,(H,20,21,23). The Labute approximate surface area is 148 Å². The minimum Gasteiger partial charge on any atom is -0.497 e. The van der Waals surface area contributed by atoms with Gasteiger partial charge in [0, 0.05) is 28.7 Å². The maximum atomic E-state index is 12.6. The van der Waals surface area contributed by atoms with E-state index in [0.717, 1.165) is 0 Å². The van der Waals surface area contributed by atoms with Crippen LogP contribution in [-0.4, -0.2) is 22.6 Å². The molecule has 0 radical (unpaired) electrons. The molecule has 1 aromatic heterocycles. The van der Waals surface area contributed by atoms with Crippen molar-refractivity contribution in [2.45, 2.75) is 0 Å². The number of nitrogens with one attached hydrogen (secondary N) is 1. The van der Waals surface area contributed by atoms with Gasteiger partial charge in [-0.2, -0.15) is 0 Å². The molecule has 0 bridgehead atoms. The molecule has 0 atom stereocenters. The van der Waals surface area contributed by atoms with Gasteiger partial charge in [0.2, 0.25) is 0 Å². The monoisotopic (exact) mass is 355 g/mol. The van der Waals surface area contributed by atoms with Crippen LogP contribution in [-0.2, 0) is 0 Å². The van der Waals surface area contributed by atoms with Gasteiger partial charge in [0.25, 0.3) is 11.5 Å². The van der Waals surface area contributed by atoms with E-state index in [1.54, 1.807) is 55.6 Å². The van der Waals surface area contributed by atoms with Crippen molar-refractivity contribution in [1.29, 1.82) is 0 Å². The molecule has 0 saturated heterocycles. The van der Waals surface area contributed by atoms with E-state index in [1.165, 1.54) is 17.0 Å². The van der Waals surface area contributed by atoms with Gasteiger partial charge in [-0.3, -0.25) is 14.2 Å². The molecule has 0 saturated carbocycles. The zero-order chi connectivity index (χ0) is 17.8. The number of benzene rings is 2. The zero-order valence-electron chi connectivity index (χ0n) is 13.3. The molecule has 6 nitrogen and oxygen atoms in total. The minimum atomic E-state index is -0.436. The molecule has 25 heavy (non-hydrogen) atoms. The average Bonchev–Trinajstić information content (AvgIpc) is 2.64. The maximum absolute atomic E-state index is 12.6. The Morgan fingerprint density at radius 1 is 1.12 bits per heavy atom. The lowest BCUT2D eigenvalue weighted by Gasteiger charge is -2.09. The molecule has 3 rings (SSSR count). The quantitative estimate of drug-likeness (QED) is 0.780. The molecule has 7 heteroatoms. The number of carbonyl (C=O) groups is 1. The van der Waals surface area contributed by atoms with E-state index >= 15 is 0 Å². The molecule has 1 heterocycles. The highest BCUT2D eigenvalue weighted by Gasteiger charge is 2.12. The highest BCUT2D eigenvalue weighted by atomic mass is 35.5. The van der Waals surface area contributed by atoms with Crippen LogP contribution >= 0.6 is 11.6 Å². The highest BCUT2D eigenvalue weighted by Crippen LogP contribution is 2.14. The number of ether oxygens (including phenoxy) is 1. The fourth-order valence-electron chi connectivity index (χ4n) is 2.22. The number of aromatic nitrogens is 2. The predicted octanol–water partition coefficient (Wildman–Crippen LogP) is 3.15. The first-order chi connectivity index (χ1) is 12.1. The van der Waals surface area contributed by atoms with Crippen molar-refractivity contribution in [2.24, 2.45) is 0 Å². The Morgan fingerprint density at radius 3 is 2.44 bits per heavy atom. The van der Waals surface area contributed by atoms with Crippen molar-refractivity contribution in [3.05, 3.63) is 81.9 Å². The second-order valence-electron chi connectivity index (χ2n) is 5.11. The summed E-state index contributed by atoms with van der Waals surface area (Å²) in [6.07, 6.45) is 2.98. The number of amides is 1. The minimum absolute atomic E-state index is 0.0572. The van der Waals surface area contributed by atoms with Gasteiger partial charge in [0.15, 0.2) is 5.82 Å². The molecule has 0 aliphatic heterocycles. The predicted molar refractivity (Wildman–Crippen MR) is 95.8 cm³/mol. The third kappa shape index (κ3) is 3.70. The van der Waals surface area contributed by atoms with Gasteiger partial charge in [0.1, 0.15) is 5.75 Å². The maximum Gasteiger partial charge on any atom is 0.298 e. The smallest absolute Gasteiger partial charge is 0.298 e. The third-order valence-corrected chi connectivity index (χ3v) is 3.78. The van der Waals surface area contributed by atoms with Crippen molar-refractivity contribution in [2.75, 3.05) is 12.4 Å². The molecule has 0 aliphatic carbocycles. The van der Waals surface area contributed by atoms with Crippen LogP contribution in [0.5, 0.6) is 5.75 Å². The summed E-state index contributed by atoms with van der Waals surface area (Å²) in [5.74, 6) is 0.189. The van der Waals surface area contributed by atoms with Crippen molar-refractivity contribution < 1.29 is 9.53 Å². The second kappa shape index (κ2) is 7.19. The van der Waals surface area contributed by atoms with E-state index in [-0.39, 0.29) is 5.82 Å². The number of nitrogens with zero attached hydrogens (tertiary/aromatic N) is 2. The van der Waals surface area contributed by atoms with Gasteiger partial charge < -0.3 is 10.1 Å². The van der Waals surface area contributed by atoms with Gasteiger partial charge in [0.05, 0.1) is 7.11 Å². The van der Waals surface area contributed by atoms with Crippen LogP contribution in [0.4, 0.5) is 5.82 Å². The molecule has 3 aromatic rings. The van der Waals surface area contributed by atoms with Gasteiger partial charge in [-0.05, 0) is 48.5 Å². The number of anilines is 1. The molecule has 0 aliphatic rings. The van der Waals surface area contributed by atoms with Crippen molar-refractivity contribution in [1.82, 2.24) is 9.55 Å². The summed E-state index contributed by atoms with van der Waals surface area (Å²) in [6.45, 7) is 0. The van der Waals surface area contributed by atoms with E-state index in [9.17, 15) is 9.59 Å².